The van der Waals surface area contributed by atoms with Crippen LogP contribution >= 0.6 is 0 Å². The molecule has 0 aliphatic heterocycles. The molecule has 0 atom stereocenters. The second kappa shape index (κ2) is 6.33. The molecule has 2 aromatic heterocycles. The first-order valence-corrected chi connectivity index (χ1v) is 6.41. The molecule has 0 saturated carbocycles. The van der Waals surface area contributed by atoms with E-state index in [-0.39, 0.29) is 0 Å². The fourth-order valence-corrected chi connectivity index (χ4v) is 1.74. The minimum Gasteiger partial charge on any atom is -0.485 e. The van der Waals surface area contributed by atoms with Gasteiger partial charge in [-0.1, -0.05) is 12.1 Å². The standard InChI is InChI=1S/C14H19N3O2/c1-4-15-8-13-14(6-5-10(2)16-13)18-9-12-7-11(3)19-17-12/h5-7,15H,4,8-9H2,1-3H3. The predicted octanol–water partition coefficient (Wildman–Crippen LogP) is 2.37. The molecule has 2 rings (SSSR count). The summed E-state index contributed by atoms with van der Waals surface area (Å²) in [6.45, 7) is 7.89. The molecule has 2 heterocycles. The lowest BCUT2D eigenvalue weighted by molar-refractivity contribution is 0.283. The number of ether oxygens (including phenoxy) is 1. The van der Waals surface area contributed by atoms with E-state index in [1.165, 1.54) is 0 Å². The van der Waals surface area contributed by atoms with E-state index in [1.807, 2.05) is 32.0 Å². The van der Waals surface area contributed by atoms with Crippen LogP contribution in [-0.2, 0) is 13.2 Å². The van der Waals surface area contributed by atoms with Crippen LogP contribution in [0.4, 0.5) is 0 Å². The van der Waals surface area contributed by atoms with Crippen molar-refractivity contribution in [1.29, 1.82) is 0 Å². The summed E-state index contributed by atoms with van der Waals surface area (Å²) in [6.07, 6.45) is 0. The number of pyridine rings is 1. The van der Waals surface area contributed by atoms with Crippen molar-refractivity contribution in [2.24, 2.45) is 0 Å². The maximum absolute atomic E-state index is 5.76. The zero-order valence-corrected chi connectivity index (χ0v) is 11.6. The number of hydrogen-bond acceptors (Lipinski definition) is 5. The van der Waals surface area contributed by atoms with E-state index >= 15 is 0 Å². The number of rotatable bonds is 6. The van der Waals surface area contributed by atoms with Gasteiger partial charge >= 0.3 is 0 Å². The van der Waals surface area contributed by atoms with Crippen molar-refractivity contribution in [3.8, 4) is 5.75 Å². The topological polar surface area (TPSA) is 60.2 Å². The van der Waals surface area contributed by atoms with Crippen LogP contribution in [0.15, 0.2) is 22.7 Å². The first-order valence-electron chi connectivity index (χ1n) is 6.41. The van der Waals surface area contributed by atoms with E-state index in [9.17, 15) is 0 Å². The van der Waals surface area contributed by atoms with Gasteiger partial charge in [0, 0.05) is 18.3 Å². The fraction of sp³-hybridized carbons (Fsp3) is 0.429. The molecule has 5 heteroatoms. The van der Waals surface area contributed by atoms with Crippen molar-refractivity contribution >= 4 is 0 Å². The highest BCUT2D eigenvalue weighted by molar-refractivity contribution is 5.29. The molecule has 0 radical (unpaired) electrons. The highest BCUT2D eigenvalue weighted by Crippen LogP contribution is 2.18. The van der Waals surface area contributed by atoms with E-state index in [4.69, 9.17) is 9.26 Å². The zero-order valence-electron chi connectivity index (χ0n) is 11.6. The van der Waals surface area contributed by atoms with Crippen molar-refractivity contribution in [2.75, 3.05) is 6.54 Å². The Morgan fingerprint density at radius 1 is 1.32 bits per heavy atom. The first kappa shape index (κ1) is 13.5. The second-order valence-corrected chi connectivity index (χ2v) is 4.40. The summed E-state index contributed by atoms with van der Waals surface area (Å²) in [5.41, 5.74) is 2.69. The van der Waals surface area contributed by atoms with Crippen molar-refractivity contribution in [3.63, 3.8) is 0 Å². The van der Waals surface area contributed by atoms with Gasteiger partial charge in [0.15, 0.2) is 0 Å². The summed E-state index contributed by atoms with van der Waals surface area (Å²) in [4.78, 5) is 4.50. The fourth-order valence-electron chi connectivity index (χ4n) is 1.74. The molecule has 0 aromatic carbocycles. The lowest BCUT2D eigenvalue weighted by Crippen LogP contribution is -2.14. The SMILES string of the molecule is CCNCc1nc(C)ccc1OCc1cc(C)on1. The molecule has 0 amide bonds. The van der Waals surface area contributed by atoms with Crippen LogP contribution < -0.4 is 10.1 Å². The van der Waals surface area contributed by atoms with Crippen LogP contribution in [0, 0.1) is 13.8 Å². The molecule has 0 aliphatic carbocycles. The van der Waals surface area contributed by atoms with Crippen LogP contribution in [0.5, 0.6) is 5.75 Å². The Labute approximate surface area is 113 Å². The molecule has 0 fully saturated rings. The van der Waals surface area contributed by atoms with Crippen molar-refractivity contribution in [2.45, 2.75) is 33.9 Å². The van der Waals surface area contributed by atoms with Gasteiger partial charge in [0.2, 0.25) is 0 Å². The largest absolute Gasteiger partial charge is 0.485 e. The molecular formula is C14H19N3O2. The molecule has 19 heavy (non-hydrogen) atoms. The average molecular weight is 261 g/mol. The highest BCUT2D eigenvalue weighted by Gasteiger charge is 2.07. The molecule has 0 spiro atoms. The summed E-state index contributed by atoms with van der Waals surface area (Å²) in [7, 11) is 0. The third kappa shape index (κ3) is 3.79. The second-order valence-electron chi connectivity index (χ2n) is 4.40. The van der Waals surface area contributed by atoms with Gasteiger partial charge in [-0.15, -0.1) is 0 Å². The lowest BCUT2D eigenvalue weighted by Gasteiger charge is -2.10. The summed E-state index contributed by atoms with van der Waals surface area (Å²) in [5, 5.41) is 7.16. The summed E-state index contributed by atoms with van der Waals surface area (Å²) in [5.74, 6) is 1.57. The first-order chi connectivity index (χ1) is 9.19. The van der Waals surface area contributed by atoms with Gasteiger partial charge in [-0.2, -0.15) is 0 Å². The van der Waals surface area contributed by atoms with Gasteiger partial charge in [-0.25, -0.2) is 0 Å². The Bertz CT molecular complexity index is 537. The van der Waals surface area contributed by atoms with E-state index in [1.54, 1.807) is 0 Å². The minimum atomic E-state index is 0.390. The Morgan fingerprint density at radius 3 is 2.84 bits per heavy atom. The summed E-state index contributed by atoms with van der Waals surface area (Å²) in [6, 6.07) is 5.76. The number of aryl methyl sites for hydroxylation is 2. The van der Waals surface area contributed by atoms with Crippen LogP contribution in [0.2, 0.25) is 0 Å². The highest BCUT2D eigenvalue weighted by atomic mass is 16.5. The average Bonchev–Trinajstić information content (AvgIpc) is 2.81. The van der Waals surface area contributed by atoms with E-state index in [0.717, 1.165) is 35.1 Å². The third-order valence-corrected chi connectivity index (χ3v) is 2.67. The van der Waals surface area contributed by atoms with Gasteiger partial charge in [0.25, 0.3) is 0 Å². The molecule has 1 N–H and O–H groups in total. The predicted molar refractivity (Wildman–Crippen MR) is 71.9 cm³/mol. The zero-order chi connectivity index (χ0) is 13.7. The van der Waals surface area contributed by atoms with Crippen LogP contribution in [-0.4, -0.2) is 16.7 Å². The van der Waals surface area contributed by atoms with Gasteiger partial charge < -0.3 is 14.6 Å². The van der Waals surface area contributed by atoms with Crippen molar-refractivity contribution in [1.82, 2.24) is 15.5 Å². The number of aromatic nitrogens is 2. The molecule has 0 bridgehead atoms. The Morgan fingerprint density at radius 2 is 2.16 bits per heavy atom. The minimum absolute atomic E-state index is 0.390. The van der Waals surface area contributed by atoms with Crippen LogP contribution in [0.1, 0.15) is 29.8 Å². The van der Waals surface area contributed by atoms with Crippen molar-refractivity contribution in [3.05, 3.63) is 41.0 Å². The molecule has 0 aliphatic rings. The molecular weight excluding hydrogens is 242 g/mol. The molecule has 0 unspecified atom stereocenters. The van der Waals surface area contributed by atoms with E-state index in [2.05, 4.69) is 22.4 Å². The quantitative estimate of drug-likeness (QED) is 0.865. The Hall–Kier alpha value is -1.88. The monoisotopic (exact) mass is 261 g/mol. The number of nitrogens with one attached hydrogen (secondary N) is 1. The lowest BCUT2D eigenvalue weighted by atomic mass is 10.2. The van der Waals surface area contributed by atoms with E-state index in [0.29, 0.717) is 13.2 Å². The maximum Gasteiger partial charge on any atom is 0.142 e. The number of hydrogen-bond donors (Lipinski definition) is 1. The normalized spacial score (nSPS) is 10.7. The molecule has 102 valence electrons. The summed E-state index contributed by atoms with van der Waals surface area (Å²) < 4.78 is 10.8. The van der Waals surface area contributed by atoms with Crippen LogP contribution in [0.25, 0.3) is 0 Å². The Kier molecular flexibility index (Phi) is 4.52. The van der Waals surface area contributed by atoms with Gasteiger partial charge in [0.1, 0.15) is 23.8 Å². The molecule has 0 saturated heterocycles. The maximum atomic E-state index is 5.76. The number of nitrogens with zero attached hydrogens (tertiary/aromatic N) is 2. The third-order valence-electron chi connectivity index (χ3n) is 2.67. The van der Waals surface area contributed by atoms with Gasteiger partial charge in [-0.3, -0.25) is 4.98 Å². The van der Waals surface area contributed by atoms with Gasteiger partial charge in [0.05, 0.1) is 5.69 Å². The van der Waals surface area contributed by atoms with Crippen LogP contribution in [0.3, 0.4) is 0 Å². The van der Waals surface area contributed by atoms with Gasteiger partial charge in [-0.05, 0) is 32.5 Å². The Balaban J connectivity index is 2.05. The smallest absolute Gasteiger partial charge is 0.142 e. The summed E-state index contributed by atoms with van der Waals surface area (Å²) >= 11 is 0. The van der Waals surface area contributed by atoms with Crippen molar-refractivity contribution < 1.29 is 9.26 Å². The molecule has 2 aromatic rings. The molecule has 5 nitrogen and oxygen atoms in total. The van der Waals surface area contributed by atoms with E-state index < -0.39 is 0 Å².